The predicted molar refractivity (Wildman–Crippen MR) is 113 cm³/mol. The number of rotatable bonds is 8. The molecule has 0 bridgehead atoms. The zero-order valence-corrected chi connectivity index (χ0v) is 16.8. The molecule has 4 heteroatoms. The molecule has 2 rings (SSSR count). The van der Waals surface area contributed by atoms with E-state index in [1.54, 1.807) is 0 Å². The highest BCUT2D eigenvalue weighted by molar-refractivity contribution is 8.21. The molecule has 132 valence electrons. The summed E-state index contributed by atoms with van der Waals surface area (Å²) in [5.41, 5.74) is 0.603. The van der Waals surface area contributed by atoms with Crippen LogP contribution in [0, 0.1) is 0 Å². The van der Waals surface area contributed by atoms with Gasteiger partial charge in [-0.25, -0.2) is 0 Å². The molecule has 0 saturated carbocycles. The van der Waals surface area contributed by atoms with Crippen molar-refractivity contribution in [3.8, 4) is 0 Å². The summed E-state index contributed by atoms with van der Waals surface area (Å²) < 4.78 is 0. The molecule has 0 radical (unpaired) electrons. The Hall–Kier alpha value is -1.54. The van der Waals surface area contributed by atoms with E-state index in [0.29, 0.717) is 0 Å². The normalized spacial score (nSPS) is 13.7. The molecule has 0 aliphatic heterocycles. The van der Waals surface area contributed by atoms with Gasteiger partial charge in [0.15, 0.2) is 0 Å². The first-order chi connectivity index (χ1) is 11.9. The molecule has 0 aliphatic rings. The molecule has 0 heterocycles. The van der Waals surface area contributed by atoms with Crippen LogP contribution in [0.2, 0.25) is 0 Å². The zero-order valence-electron chi connectivity index (χ0n) is 15.1. The molecule has 1 N–H and O–H groups in total. The first-order valence-corrected chi connectivity index (χ1v) is 11.3. The third-order valence-corrected chi connectivity index (χ3v) is 8.54. The van der Waals surface area contributed by atoms with Crippen LogP contribution in [0.3, 0.4) is 0 Å². The number of allylic oxidation sites excluding steroid dienone is 2. The van der Waals surface area contributed by atoms with E-state index in [2.05, 4.69) is 49.3 Å². The molecule has 2 aromatic rings. The fourth-order valence-electron chi connectivity index (χ4n) is 2.72. The minimum absolute atomic E-state index is 0.660. The molecule has 0 aromatic heterocycles. The van der Waals surface area contributed by atoms with Crippen molar-refractivity contribution < 1.29 is 4.79 Å². The summed E-state index contributed by atoms with van der Waals surface area (Å²) in [6, 6.07) is 20.2. The van der Waals surface area contributed by atoms with Gasteiger partial charge in [-0.05, 0) is 33.6 Å². The SMILES string of the molecule is CC(C)=CCC[C@@](C)(C=O)NP(=S)(c1ccccc1)c1ccccc1. The lowest BCUT2D eigenvalue weighted by Gasteiger charge is -2.34. The number of hydrogen-bond donors (Lipinski definition) is 1. The number of benzene rings is 2. The van der Waals surface area contributed by atoms with E-state index in [1.807, 2.05) is 43.3 Å². The Labute approximate surface area is 156 Å². The Morgan fingerprint density at radius 1 is 1.04 bits per heavy atom. The van der Waals surface area contributed by atoms with Crippen molar-refractivity contribution >= 4 is 34.9 Å². The van der Waals surface area contributed by atoms with Crippen LogP contribution in [-0.4, -0.2) is 11.8 Å². The van der Waals surface area contributed by atoms with Crippen molar-refractivity contribution in [3.63, 3.8) is 0 Å². The fraction of sp³-hybridized carbons (Fsp3) is 0.286. The number of carbonyl (C=O) groups excluding carboxylic acids is 1. The second kappa shape index (κ2) is 8.71. The molecule has 0 saturated heterocycles. The number of aldehydes is 1. The topological polar surface area (TPSA) is 29.1 Å². The van der Waals surface area contributed by atoms with E-state index in [-0.39, 0.29) is 0 Å². The van der Waals surface area contributed by atoms with Crippen LogP contribution in [0.5, 0.6) is 0 Å². The monoisotopic (exact) mass is 371 g/mol. The van der Waals surface area contributed by atoms with Crippen LogP contribution in [0.4, 0.5) is 0 Å². The Kier molecular flexibility index (Phi) is 6.89. The Balaban J connectivity index is 2.41. The van der Waals surface area contributed by atoms with Crippen molar-refractivity contribution in [3.05, 3.63) is 72.3 Å². The maximum Gasteiger partial charge on any atom is 0.140 e. The van der Waals surface area contributed by atoms with Crippen LogP contribution in [-0.2, 0) is 16.6 Å². The third kappa shape index (κ3) is 5.22. The van der Waals surface area contributed by atoms with Crippen molar-refractivity contribution in [1.29, 1.82) is 0 Å². The van der Waals surface area contributed by atoms with E-state index in [1.165, 1.54) is 5.57 Å². The summed E-state index contributed by atoms with van der Waals surface area (Å²) in [5, 5.41) is 5.74. The highest BCUT2D eigenvalue weighted by Crippen LogP contribution is 2.42. The molecule has 0 amide bonds. The van der Waals surface area contributed by atoms with Crippen LogP contribution >= 0.6 is 6.19 Å². The molecule has 2 aromatic carbocycles. The zero-order chi connectivity index (χ0) is 18.3. The number of hydrogen-bond acceptors (Lipinski definition) is 2. The van der Waals surface area contributed by atoms with Crippen molar-refractivity contribution in [2.45, 2.75) is 39.2 Å². The molecule has 0 fully saturated rings. The lowest BCUT2D eigenvalue weighted by Crippen LogP contribution is -2.45. The van der Waals surface area contributed by atoms with Gasteiger partial charge in [0.25, 0.3) is 0 Å². The summed E-state index contributed by atoms with van der Waals surface area (Å²) in [5.74, 6) is 0. The van der Waals surface area contributed by atoms with E-state index >= 15 is 0 Å². The van der Waals surface area contributed by atoms with Gasteiger partial charge in [0.05, 0.1) is 11.7 Å². The van der Waals surface area contributed by atoms with Crippen molar-refractivity contribution in [2.75, 3.05) is 0 Å². The van der Waals surface area contributed by atoms with E-state index in [4.69, 9.17) is 11.8 Å². The highest BCUT2D eigenvalue weighted by atomic mass is 32.4. The maximum absolute atomic E-state index is 11.9. The molecular formula is C21H26NOPS. The van der Waals surface area contributed by atoms with Gasteiger partial charge in [-0.1, -0.05) is 84.1 Å². The largest absolute Gasteiger partial charge is 0.301 e. The second-order valence-corrected chi connectivity index (χ2v) is 10.9. The summed E-state index contributed by atoms with van der Waals surface area (Å²) >= 11 is 6.18. The Morgan fingerprint density at radius 3 is 1.92 bits per heavy atom. The average Bonchev–Trinajstić information content (AvgIpc) is 2.63. The van der Waals surface area contributed by atoms with Gasteiger partial charge in [-0.3, -0.25) is 5.09 Å². The summed E-state index contributed by atoms with van der Waals surface area (Å²) in [7, 11) is 0. The average molecular weight is 371 g/mol. The van der Waals surface area contributed by atoms with Gasteiger partial charge in [-0.15, -0.1) is 0 Å². The smallest absolute Gasteiger partial charge is 0.140 e. The number of carbonyl (C=O) groups is 1. The minimum atomic E-state index is -2.29. The van der Waals surface area contributed by atoms with Gasteiger partial charge in [0, 0.05) is 10.6 Å². The van der Waals surface area contributed by atoms with Gasteiger partial charge in [0.1, 0.15) is 6.29 Å². The molecule has 2 nitrogen and oxygen atoms in total. The second-order valence-electron chi connectivity index (χ2n) is 6.75. The van der Waals surface area contributed by atoms with Gasteiger partial charge < -0.3 is 4.79 Å². The van der Waals surface area contributed by atoms with Gasteiger partial charge >= 0.3 is 0 Å². The quantitative estimate of drug-likeness (QED) is 0.426. The number of nitrogens with one attached hydrogen (secondary N) is 1. The Bertz CT molecular complexity index is 725. The van der Waals surface area contributed by atoms with Crippen molar-refractivity contribution in [1.82, 2.24) is 5.09 Å². The van der Waals surface area contributed by atoms with Crippen LogP contribution in [0.1, 0.15) is 33.6 Å². The summed E-state index contributed by atoms with van der Waals surface area (Å²) in [6.45, 7) is 6.10. The maximum atomic E-state index is 11.9. The molecule has 0 aliphatic carbocycles. The first-order valence-electron chi connectivity index (χ1n) is 8.50. The van der Waals surface area contributed by atoms with Gasteiger partial charge in [-0.2, -0.15) is 0 Å². The summed E-state index contributed by atoms with van der Waals surface area (Å²) in [6.07, 6.45) is 2.46. The lowest BCUT2D eigenvalue weighted by molar-refractivity contribution is -0.112. The predicted octanol–water partition coefficient (Wildman–Crippen LogP) is 4.33. The fourth-order valence-corrected chi connectivity index (χ4v) is 6.70. The highest BCUT2D eigenvalue weighted by Gasteiger charge is 2.32. The van der Waals surface area contributed by atoms with Crippen LogP contribution < -0.4 is 15.7 Å². The molecular weight excluding hydrogens is 345 g/mol. The molecule has 25 heavy (non-hydrogen) atoms. The lowest BCUT2D eigenvalue weighted by atomic mass is 9.99. The standard InChI is InChI=1S/C21H26NOPS/c1-18(2)11-10-16-21(3,17-23)22-24(25,19-12-6-4-7-13-19)20-14-8-5-9-15-20/h4-9,11-15,17H,10,16H2,1-3H3,(H,22,25)/t21-/m0/s1. The minimum Gasteiger partial charge on any atom is -0.301 e. The Morgan fingerprint density at radius 2 is 1.52 bits per heavy atom. The van der Waals surface area contributed by atoms with E-state index < -0.39 is 11.7 Å². The molecule has 0 spiro atoms. The molecule has 1 atom stereocenters. The van der Waals surface area contributed by atoms with Crippen LogP contribution in [0.15, 0.2) is 72.3 Å². The third-order valence-electron chi connectivity index (χ3n) is 4.13. The van der Waals surface area contributed by atoms with Crippen molar-refractivity contribution in [2.24, 2.45) is 0 Å². The first kappa shape index (κ1) is 19.8. The summed E-state index contributed by atoms with van der Waals surface area (Å²) in [4.78, 5) is 11.9. The van der Waals surface area contributed by atoms with Gasteiger partial charge in [0.2, 0.25) is 0 Å². The molecule has 0 unspecified atom stereocenters. The van der Waals surface area contributed by atoms with E-state index in [0.717, 1.165) is 29.7 Å². The van der Waals surface area contributed by atoms with Crippen LogP contribution in [0.25, 0.3) is 0 Å². The van der Waals surface area contributed by atoms with E-state index in [9.17, 15) is 4.79 Å².